The zero-order chi connectivity index (χ0) is 21.3. The molecule has 150 valence electrons. The lowest BCUT2D eigenvalue weighted by Gasteiger charge is -2.09. The predicted octanol–water partition coefficient (Wildman–Crippen LogP) is 2.90. The van der Waals surface area contributed by atoms with Gasteiger partial charge in [0.05, 0.1) is 32.4 Å². The van der Waals surface area contributed by atoms with E-state index in [0.717, 1.165) is 0 Å². The Hall–Kier alpha value is -4.26. The van der Waals surface area contributed by atoms with Crippen LogP contribution in [-0.2, 0) is 6.42 Å². The summed E-state index contributed by atoms with van der Waals surface area (Å²) in [5.41, 5.74) is 3.43. The van der Waals surface area contributed by atoms with Crippen molar-refractivity contribution >= 4 is 28.0 Å². The fourth-order valence-corrected chi connectivity index (χ4v) is 2.92. The molecule has 1 aromatic heterocycles. The van der Waals surface area contributed by atoms with Crippen molar-refractivity contribution in [3.8, 4) is 11.6 Å². The summed E-state index contributed by atoms with van der Waals surface area (Å²) < 4.78 is 6.04. The van der Waals surface area contributed by atoms with E-state index in [1.165, 1.54) is 0 Å². The van der Waals surface area contributed by atoms with Gasteiger partial charge in [0.25, 0.3) is 11.4 Å². The van der Waals surface area contributed by atoms with Crippen LogP contribution >= 0.6 is 0 Å². The second-order valence-electron chi connectivity index (χ2n) is 5.84. The van der Waals surface area contributed by atoms with E-state index in [4.69, 9.17) is 10.5 Å². The molecule has 0 fully saturated rings. The summed E-state index contributed by atoms with van der Waals surface area (Å²) in [6.45, 7) is 0.134. The van der Waals surface area contributed by atoms with Crippen LogP contribution in [0.3, 0.4) is 0 Å². The lowest BCUT2D eigenvalue weighted by Crippen LogP contribution is -2.06. The van der Waals surface area contributed by atoms with Gasteiger partial charge in [-0.1, -0.05) is 18.2 Å². The van der Waals surface area contributed by atoms with Gasteiger partial charge in [-0.2, -0.15) is 4.73 Å². The van der Waals surface area contributed by atoms with Crippen LogP contribution in [0.2, 0.25) is 0 Å². The molecular weight excluding hydrogens is 390 g/mol. The van der Waals surface area contributed by atoms with Crippen LogP contribution in [0.4, 0.5) is 17.1 Å². The highest BCUT2D eigenvalue weighted by Gasteiger charge is 2.34. The molecule has 3 rings (SSSR count). The molecule has 0 saturated heterocycles. The molecule has 0 aliphatic carbocycles. The topological polar surface area (TPSA) is 190 Å². The van der Waals surface area contributed by atoms with Crippen molar-refractivity contribution in [1.82, 2.24) is 4.73 Å². The summed E-state index contributed by atoms with van der Waals surface area (Å²) in [5.74, 6) is -1.15. The number of non-ortho nitro benzene ring substituents is 1. The molecule has 3 N–H and O–H groups in total. The van der Waals surface area contributed by atoms with Gasteiger partial charge in [0, 0.05) is 10.9 Å². The number of nitrogens with two attached hydrogens (primary N) is 1. The summed E-state index contributed by atoms with van der Waals surface area (Å²) >= 11 is 0. The molecule has 13 nitrogen and oxygen atoms in total. The van der Waals surface area contributed by atoms with Gasteiger partial charge in [-0.3, -0.25) is 30.3 Å². The Balaban J connectivity index is 2.29. The summed E-state index contributed by atoms with van der Waals surface area (Å²) in [5, 5.41) is 44.8. The number of rotatable bonds is 7. The van der Waals surface area contributed by atoms with E-state index >= 15 is 0 Å². The monoisotopic (exact) mass is 403 g/mol. The third-order valence-electron chi connectivity index (χ3n) is 4.14. The number of hydrogen-bond donors (Lipinski definition) is 2. The molecule has 0 radical (unpaired) electrons. The molecular formula is C16H13N5O8. The lowest BCUT2D eigenvalue weighted by molar-refractivity contribution is -0.404. The zero-order valence-electron chi connectivity index (χ0n) is 14.5. The van der Waals surface area contributed by atoms with Crippen molar-refractivity contribution < 1.29 is 24.7 Å². The summed E-state index contributed by atoms with van der Waals surface area (Å²) in [4.78, 5) is 30.8. The minimum atomic E-state index is -1.04. The van der Waals surface area contributed by atoms with Crippen LogP contribution in [-0.4, -0.2) is 31.3 Å². The average Bonchev–Trinajstić information content (AvgIpc) is 2.94. The number of ether oxygens (including phenoxy) is 1. The van der Waals surface area contributed by atoms with Gasteiger partial charge in [-0.25, -0.2) is 0 Å². The Bertz CT molecular complexity index is 1120. The second-order valence-corrected chi connectivity index (χ2v) is 5.84. The maximum absolute atomic E-state index is 11.4. The van der Waals surface area contributed by atoms with Gasteiger partial charge in [0.2, 0.25) is 5.88 Å². The van der Waals surface area contributed by atoms with Crippen LogP contribution in [0.15, 0.2) is 36.4 Å². The largest absolute Gasteiger partial charge is 0.425 e. The van der Waals surface area contributed by atoms with Gasteiger partial charge < -0.3 is 15.7 Å². The number of nitro groups is 3. The van der Waals surface area contributed by atoms with Crippen molar-refractivity contribution in [2.24, 2.45) is 5.73 Å². The van der Waals surface area contributed by atoms with Gasteiger partial charge in [0.15, 0.2) is 0 Å². The van der Waals surface area contributed by atoms with Crippen LogP contribution < -0.4 is 10.5 Å². The van der Waals surface area contributed by atoms with Crippen molar-refractivity contribution in [2.45, 2.75) is 6.42 Å². The fraction of sp³-hybridized carbons (Fsp3) is 0.125. The van der Waals surface area contributed by atoms with Crippen LogP contribution in [0, 0.1) is 30.3 Å². The third-order valence-corrected chi connectivity index (χ3v) is 4.14. The third kappa shape index (κ3) is 3.37. The molecule has 2 aromatic carbocycles. The first kappa shape index (κ1) is 19.5. The number of benzene rings is 2. The molecule has 29 heavy (non-hydrogen) atoms. The van der Waals surface area contributed by atoms with Crippen LogP contribution in [0.25, 0.3) is 10.9 Å². The number of aromatic nitrogens is 1. The number of nitrogens with zero attached hydrogens (tertiary/aromatic N) is 4. The minimum Gasteiger partial charge on any atom is -0.425 e. The molecule has 3 aromatic rings. The molecule has 0 bridgehead atoms. The number of hydrogen-bond acceptors (Lipinski definition) is 9. The second kappa shape index (κ2) is 7.40. The van der Waals surface area contributed by atoms with E-state index in [1.807, 2.05) is 0 Å². The van der Waals surface area contributed by atoms with Crippen molar-refractivity contribution in [2.75, 3.05) is 6.54 Å². The van der Waals surface area contributed by atoms with E-state index in [-0.39, 0.29) is 24.4 Å². The van der Waals surface area contributed by atoms with Crippen molar-refractivity contribution in [3.63, 3.8) is 0 Å². The first-order valence-electron chi connectivity index (χ1n) is 8.07. The molecule has 0 unspecified atom stereocenters. The molecule has 13 heteroatoms. The standard InChI is InChI=1S/C16H13N5O8/c17-6-5-11-10-3-1-2-4-12(10)18(22)16(11)29-15-13(20(25)26)7-9(19(23)24)8-14(15)21(27)28/h1-4,7-8,22H,5-6,17H2. The van der Waals surface area contributed by atoms with Crippen LogP contribution in [0.1, 0.15) is 5.56 Å². The lowest BCUT2D eigenvalue weighted by atomic mass is 10.1. The molecule has 0 spiro atoms. The summed E-state index contributed by atoms with van der Waals surface area (Å²) in [6.07, 6.45) is 0.192. The van der Waals surface area contributed by atoms with Crippen LogP contribution in [0.5, 0.6) is 11.6 Å². The Morgan fingerprint density at radius 1 is 1.00 bits per heavy atom. The number of nitro benzene ring substituents is 3. The molecule has 0 aliphatic rings. The van der Waals surface area contributed by atoms with E-state index in [2.05, 4.69) is 0 Å². The van der Waals surface area contributed by atoms with E-state index in [9.17, 15) is 35.6 Å². The normalized spacial score (nSPS) is 10.8. The maximum atomic E-state index is 11.4. The van der Waals surface area contributed by atoms with Crippen molar-refractivity contribution in [3.05, 3.63) is 72.3 Å². The number of fused-ring (bicyclic) bond motifs is 1. The average molecular weight is 403 g/mol. The Morgan fingerprint density at radius 2 is 1.59 bits per heavy atom. The molecule has 1 heterocycles. The van der Waals surface area contributed by atoms with Gasteiger partial charge in [-0.05, 0) is 19.0 Å². The highest BCUT2D eigenvalue weighted by Crippen LogP contribution is 2.44. The maximum Gasteiger partial charge on any atom is 0.325 e. The minimum absolute atomic E-state index is 0.134. The van der Waals surface area contributed by atoms with Gasteiger partial charge >= 0.3 is 11.4 Å². The quantitative estimate of drug-likeness (QED) is 0.339. The molecule has 0 aliphatic heterocycles. The van der Waals surface area contributed by atoms with Gasteiger partial charge in [0.1, 0.15) is 0 Å². The van der Waals surface area contributed by atoms with E-state index in [1.54, 1.807) is 24.3 Å². The van der Waals surface area contributed by atoms with E-state index in [0.29, 0.717) is 27.8 Å². The van der Waals surface area contributed by atoms with Gasteiger partial charge in [-0.15, -0.1) is 0 Å². The van der Waals surface area contributed by atoms with Crippen molar-refractivity contribution in [1.29, 1.82) is 0 Å². The molecule has 0 amide bonds. The molecule has 0 atom stereocenters. The summed E-state index contributed by atoms with van der Waals surface area (Å²) in [6, 6.07) is 7.61. The molecule has 0 saturated carbocycles. The highest BCUT2D eigenvalue weighted by atomic mass is 16.6. The summed E-state index contributed by atoms with van der Waals surface area (Å²) in [7, 11) is 0. The zero-order valence-corrected chi connectivity index (χ0v) is 14.5. The smallest absolute Gasteiger partial charge is 0.325 e. The first-order chi connectivity index (χ1) is 13.8. The fourth-order valence-electron chi connectivity index (χ4n) is 2.92. The van der Waals surface area contributed by atoms with E-state index < -0.39 is 37.6 Å². The Kier molecular flexibility index (Phi) is 4.97. The number of para-hydroxylation sites is 1. The Labute approximate surface area is 160 Å². The predicted molar refractivity (Wildman–Crippen MR) is 98.4 cm³/mol. The Morgan fingerprint density at radius 3 is 2.10 bits per heavy atom. The SMILES string of the molecule is NCCc1c(Oc2c([N+](=O)[O-])cc([N+](=O)[O-])cc2[N+](=O)[O-])n(O)c2ccccc12. The first-order valence-corrected chi connectivity index (χ1v) is 8.07. The highest BCUT2D eigenvalue weighted by molar-refractivity contribution is 5.87.